The summed E-state index contributed by atoms with van der Waals surface area (Å²) in [5.74, 6) is 0.865. The van der Waals surface area contributed by atoms with Crippen LogP contribution in [0.3, 0.4) is 0 Å². The van der Waals surface area contributed by atoms with Crippen molar-refractivity contribution in [2.45, 2.75) is 38.5 Å². The molecule has 0 aromatic heterocycles. The van der Waals surface area contributed by atoms with E-state index in [1.165, 1.54) is 31.2 Å². The van der Waals surface area contributed by atoms with Crippen molar-refractivity contribution in [3.63, 3.8) is 0 Å². The third kappa shape index (κ3) is 4.35. The number of carbonyl (C=O) groups excluding carboxylic acids is 1. The Balaban J connectivity index is 1.75. The molecule has 0 atom stereocenters. The molecule has 0 saturated heterocycles. The van der Waals surface area contributed by atoms with Crippen molar-refractivity contribution < 1.29 is 4.79 Å². The maximum atomic E-state index is 12.0. The predicted molar refractivity (Wildman–Crippen MR) is 78.1 cm³/mol. The normalized spacial score (nSPS) is 15.6. The quantitative estimate of drug-likeness (QED) is 0.825. The standard InChI is InChI=1S/C16H24N2O/c17-11-9-14-5-7-15(8-6-14)16(19)18-12-10-13-3-1-2-4-13/h5-8,13H,1-4,9-12,17H2,(H,18,19). The number of nitrogens with two attached hydrogens (primary N) is 1. The summed E-state index contributed by atoms with van der Waals surface area (Å²) in [6, 6.07) is 7.74. The van der Waals surface area contributed by atoms with E-state index in [0.29, 0.717) is 6.54 Å². The highest BCUT2D eigenvalue weighted by Crippen LogP contribution is 2.26. The average Bonchev–Trinajstić information content (AvgIpc) is 2.93. The largest absolute Gasteiger partial charge is 0.352 e. The summed E-state index contributed by atoms with van der Waals surface area (Å²) in [5, 5.41) is 3.01. The molecule has 1 aromatic rings. The molecule has 1 saturated carbocycles. The summed E-state index contributed by atoms with van der Waals surface area (Å²) < 4.78 is 0. The Hall–Kier alpha value is -1.35. The molecule has 0 bridgehead atoms. The number of hydrogen-bond donors (Lipinski definition) is 2. The molecule has 0 unspecified atom stereocenters. The van der Waals surface area contributed by atoms with Gasteiger partial charge in [-0.2, -0.15) is 0 Å². The SMILES string of the molecule is NCCc1ccc(C(=O)NCCC2CCCC2)cc1. The lowest BCUT2D eigenvalue weighted by Gasteiger charge is -2.10. The van der Waals surface area contributed by atoms with Crippen molar-refractivity contribution in [3.8, 4) is 0 Å². The summed E-state index contributed by atoms with van der Waals surface area (Å²) in [6.07, 6.45) is 7.39. The van der Waals surface area contributed by atoms with E-state index in [4.69, 9.17) is 5.73 Å². The lowest BCUT2D eigenvalue weighted by molar-refractivity contribution is 0.0951. The van der Waals surface area contributed by atoms with Gasteiger partial charge in [-0.05, 0) is 43.0 Å². The number of amides is 1. The maximum Gasteiger partial charge on any atom is 0.251 e. The second-order valence-electron chi connectivity index (χ2n) is 5.43. The Labute approximate surface area is 115 Å². The van der Waals surface area contributed by atoms with E-state index < -0.39 is 0 Å². The fourth-order valence-corrected chi connectivity index (χ4v) is 2.78. The lowest BCUT2D eigenvalue weighted by atomic mass is 10.0. The zero-order valence-corrected chi connectivity index (χ0v) is 11.5. The molecule has 1 fully saturated rings. The number of nitrogens with one attached hydrogen (secondary N) is 1. The Morgan fingerprint density at radius 3 is 2.53 bits per heavy atom. The zero-order chi connectivity index (χ0) is 13.5. The number of carbonyl (C=O) groups is 1. The van der Waals surface area contributed by atoms with Crippen LogP contribution in [0.1, 0.15) is 48.0 Å². The Bertz CT molecular complexity index is 394. The molecule has 3 N–H and O–H groups in total. The Morgan fingerprint density at radius 1 is 1.21 bits per heavy atom. The van der Waals surface area contributed by atoms with Gasteiger partial charge in [0.1, 0.15) is 0 Å². The van der Waals surface area contributed by atoms with Crippen molar-refractivity contribution in [2.75, 3.05) is 13.1 Å². The van der Waals surface area contributed by atoms with E-state index >= 15 is 0 Å². The van der Waals surface area contributed by atoms with Gasteiger partial charge in [0.25, 0.3) is 5.91 Å². The third-order valence-electron chi connectivity index (χ3n) is 3.96. The molecule has 2 rings (SSSR count). The van der Waals surface area contributed by atoms with Crippen LogP contribution < -0.4 is 11.1 Å². The van der Waals surface area contributed by atoms with Crippen molar-refractivity contribution in [1.82, 2.24) is 5.32 Å². The monoisotopic (exact) mass is 260 g/mol. The van der Waals surface area contributed by atoms with Crippen LogP contribution in [0.2, 0.25) is 0 Å². The maximum absolute atomic E-state index is 12.0. The van der Waals surface area contributed by atoms with Gasteiger partial charge in [-0.1, -0.05) is 37.8 Å². The van der Waals surface area contributed by atoms with Crippen LogP contribution in [0.5, 0.6) is 0 Å². The average molecular weight is 260 g/mol. The van der Waals surface area contributed by atoms with Gasteiger partial charge in [0.15, 0.2) is 0 Å². The molecule has 1 aliphatic carbocycles. The van der Waals surface area contributed by atoms with Gasteiger partial charge >= 0.3 is 0 Å². The van der Waals surface area contributed by atoms with Gasteiger partial charge in [-0.15, -0.1) is 0 Å². The Morgan fingerprint density at radius 2 is 1.89 bits per heavy atom. The van der Waals surface area contributed by atoms with E-state index in [1.807, 2.05) is 24.3 Å². The molecule has 1 amide bonds. The first-order valence-electron chi connectivity index (χ1n) is 7.37. The van der Waals surface area contributed by atoms with Gasteiger partial charge in [0, 0.05) is 12.1 Å². The van der Waals surface area contributed by atoms with Crippen LogP contribution in [0, 0.1) is 5.92 Å². The fourth-order valence-electron chi connectivity index (χ4n) is 2.78. The first kappa shape index (κ1) is 14.1. The molecule has 1 aliphatic rings. The van der Waals surface area contributed by atoms with E-state index in [1.54, 1.807) is 0 Å². The van der Waals surface area contributed by atoms with Crippen molar-refractivity contribution >= 4 is 5.91 Å². The van der Waals surface area contributed by atoms with Crippen molar-refractivity contribution in [1.29, 1.82) is 0 Å². The van der Waals surface area contributed by atoms with Crippen LogP contribution in [0.15, 0.2) is 24.3 Å². The van der Waals surface area contributed by atoms with Crippen molar-refractivity contribution in [2.24, 2.45) is 11.7 Å². The molecule has 104 valence electrons. The summed E-state index contributed by atoms with van der Waals surface area (Å²) in [7, 11) is 0. The van der Waals surface area contributed by atoms with Crippen LogP contribution in [-0.4, -0.2) is 19.0 Å². The fraction of sp³-hybridized carbons (Fsp3) is 0.562. The van der Waals surface area contributed by atoms with Crippen LogP contribution >= 0.6 is 0 Å². The molecule has 0 spiro atoms. The van der Waals surface area contributed by atoms with Crippen LogP contribution in [-0.2, 0) is 6.42 Å². The molecular formula is C16H24N2O. The molecular weight excluding hydrogens is 236 g/mol. The second kappa shape index (κ2) is 7.29. The number of rotatable bonds is 6. The van der Waals surface area contributed by atoms with Gasteiger partial charge in [-0.3, -0.25) is 4.79 Å². The van der Waals surface area contributed by atoms with Gasteiger partial charge in [-0.25, -0.2) is 0 Å². The Kier molecular flexibility index (Phi) is 5.40. The zero-order valence-electron chi connectivity index (χ0n) is 11.5. The molecule has 3 heteroatoms. The first-order valence-corrected chi connectivity index (χ1v) is 7.37. The van der Waals surface area contributed by atoms with E-state index in [0.717, 1.165) is 30.9 Å². The van der Waals surface area contributed by atoms with Gasteiger partial charge in [0.05, 0.1) is 0 Å². The molecule has 1 aromatic carbocycles. The van der Waals surface area contributed by atoms with Crippen molar-refractivity contribution in [3.05, 3.63) is 35.4 Å². The minimum atomic E-state index is 0.0392. The summed E-state index contributed by atoms with van der Waals surface area (Å²) in [6.45, 7) is 1.45. The van der Waals surface area contributed by atoms with Crippen LogP contribution in [0.4, 0.5) is 0 Å². The van der Waals surface area contributed by atoms with E-state index in [2.05, 4.69) is 5.32 Å². The first-order chi connectivity index (χ1) is 9.29. The minimum Gasteiger partial charge on any atom is -0.352 e. The van der Waals surface area contributed by atoms with E-state index in [9.17, 15) is 4.79 Å². The highest BCUT2D eigenvalue weighted by atomic mass is 16.1. The van der Waals surface area contributed by atoms with Crippen LogP contribution in [0.25, 0.3) is 0 Å². The molecule has 3 nitrogen and oxygen atoms in total. The second-order valence-corrected chi connectivity index (χ2v) is 5.43. The molecule has 19 heavy (non-hydrogen) atoms. The highest BCUT2D eigenvalue weighted by Gasteiger charge is 2.14. The predicted octanol–water partition coefficient (Wildman–Crippen LogP) is 2.50. The van der Waals surface area contributed by atoms with Gasteiger partial charge in [0.2, 0.25) is 0 Å². The molecule has 0 radical (unpaired) electrons. The third-order valence-corrected chi connectivity index (χ3v) is 3.96. The minimum absolute atomic E-state index is 0.0392. The summed E-state index contributed by atoms with van der Waals surface area (Å²) in [4.78, 5) is 12.0. The highest BCUT2D eigenvalue weighted by molar-refractivity contribution is 5.94. The number of benzene rings is 1. The van der Waals surface area contributed by atoms with E-state index in [-0.39, 0.29) is 5.91 Å². The summed E-state index contributed by atoms with van der Waals surface area (Å²) >= 11 is 0. The molecule has 0 aliphatic heterocycles. The topological polar surface area (TPSA) is 55.1 Å². The number of hydrogen-bond acceptors (Lipinski definition) is 2. The van der Waals surface area contributed by atoms with Gasteiger partial charge < -0.3 is 11.1 Å². The smallest absolute Gasteiger partial charge is 0.251 e. The molecule has 0 heterocycles. The summed E-state index contributed by atoms with van der Waals surface area (Å²) in [5.41, 5.74) is 7.43. The lowest BCUT2D eigenvalue weighted by Crippen LogP contribution is -2.25.